The predicted octanol–water partition coefficient (Wildman–Crippen LogP) is 1.19. The molecule has 11 heteroatoms. The first-order valence-electron chi connectivity index (χ1n) is 6.95. The lowest BCUT2D eigenvalue weighted by atomic mass is 10.1. The maximum atomic E-state index is 12.3. The number of nitro groups is 1. The Morgan fingerprint density at radius 1 is 1.12 bits per heavy atom. The van der Waals surface area contributed by atoms with Crippen LogP contribution in [0.5, 0.6) is 5.75 Å². The number of amides is 2. The molecule has 0 unspecified atom stereocenters. The monoisotopic (exact) mass is 339 g/mol. The SMILES string of the molecule is CCOc1cc2c(cc1[N+](=O)[O-])C(=O)N(CCCO[N+](=O)[O-])C2=O. The second-order valence-corrected chi connectivity index (χ2v) is 4.73. The van der Waals surface area contributed by atoms with Crippen molar-refractivity contribution < 1.29 is 29.2 Å². The van der Waals surface area contributed by atoms with Gasteiger partial charge in [-0.25, -0.2) is 0 Å². The molecule has 2 rings (SSSR count). The third kappa shape index (κ3) is 3.24. The van der Waals surface area contributed by atoms with Crippen molar-refractivity contribution in [3.8, 4) is 5.75 Å². The first-order chi connectivity index (χ1) is 11.4. The van der Waals surface area contributed by atoms with E-state index >= 15 is 0 Å². The maximum absolute atomic E-state index is 12.3. The largest absolute Gasteiger partial charge is 0.487 e. The molecule has 0 radical (unpaired) electrons. The van der Waals surface area contributed by atoms with Crippen LogP contribution >= 0.6 is 0 Å². The number of nitro benzene ring substituents is 1. The van der Waals surface area contributed by atoms with Crippen molar-refractivity contribution in [1.82, 2.24) is 4.90 Å². The Kier molecular flexibility index (Phi) is 4.92. The van der Waals surface area contributed by atoms with Gasteiger partial charge in [-0.1, -0.05) is 0 Å². The number of hydrogen-bond acceptors (Lipinski definition) is 8. The summed E-state index contributed by atoms with van der Waals surface area (Å²) in [5.74, 6) is -1.42. The lowest BCUT2D eigenvalue weighted by molar-refractivity contribution is -0.757. The number of hydrogen-bond donors (Lipinski definition) is 0. The van der Waals surface area contributed by atoms with Gasteiger partial charge in [-0.2, -0.15) is 0 Å². The number of rotatable bonds is 8. The molecule has 0 atom stereocenters. The standard InChI is InChI=1S/C13H13N3O8/c1-2-23-11-7-9-8(6-10(11)15(19)20)12(17)14(13(9)18)4-3-5-24-16(21)22/h6-7H,2-5H2,1H3. The zero-order valence-electron chi connectivity index (χ0n) is 12.6. The fourth-order valence-electron chi connectivity index (χ4n) is 2.28. The number of imide groups is 1. The molecule has 1 aromatic carbocycles. The molecule has 1 aliphatic rings. The molecule has 0 aromatic heterocycles. The van der Waals surface area contributed by atoms with E-state index in [1.54, 1.807) is 6.92 Å². The topological polar surface area (TPSA) is 142 Å². The van der Waals surface area contributed by atoms with E-state index in [1.807, 2.05) is 0 Å². The van der Waals surface area contributed by atoms with Gasteiger partial charge in [0, 0.05) is 18.7 Å². The summed E-state index contributed by atoms with van der Waals surface area (Å²) in [6.45, 7) is 1.41. The van der Waals surface area contributed by atoms with E-state index in [-0.39, 0.29) is 43.1 Å². The maximum Gasteiger partial charge on any atom is 0.311 e. The average molecular weight is 339 g/mol. The molecule has 1 aromatic rings. The van der Waals surface area contributed by atoms with Gasteiger partial charge < -0.3 is 9.57 Å². The molecule has 0 saturated carbocycles. The molecule has 1 aliphatic heterocycles. The smallest absolute Gasteiger partial charge is 0.311 e. The Morgan fingerprint density at radius 3 is 2.29 bits per heavy atom. The lowest BCUT2D eigenvalue weighted by Gasteiger charge is -2.12. The Balaban J connectivity index is 2.24. The average Bonchev–Trinajstić information content (AvgIpc) is 2.74. The Labute approximate surface area is 135 Å². The quantitative estimate of drug-likeness (QED) is 0.297. The molecule has 11 nitrogen and oxygen atoms in total. The van der Waals surface area contributed by atoms with Crippen molar-refractivity contribution >= 4 is 17.5 Å². The summed E-state index contributed by atoms with van der Waals surface area (Å²) in [5.41, 5.74) is -0.495. The van der Waals surface area contributed by atoms with E-state index in [9.17, 15) is 29.8 Å². The molecular weight excluding hydrogens is 326 g/mol. The summed E-state index contributed by atoms with van der Waals surface area (Å²) in [5, 5.41) is 20.2. The van der Waals surface area contributed by atoms with Crippen molar-refractivity contribution in [2.45, 2.75) is 13.3 Å². The zero-order chi connectivity index (χ0) is 17.9. The van der Waals surface area contributed by atoms with Gasteiger partial charge in [0.1, 0.15) is 0 Å². The number of benzene rings is 1. The highest BCUT2D eigenvalue weighted by molar-refractivity contribution is 6.21. The fourth-order valence-corrected chi connectivity index (χ4v) is 2.28. The highest BCUT2D eigenvalue weighted by Gasteiger charge is 2.38. The van der Waals surface area contributed by atoms with Crippen LogP contribution in [0.15, 0.2) is 12.1 Å². The third-order valence-electron chi connectivity index (χ3n) is 3.27. The first kappa shape index (κ1) is 17.1. The van der Waals surface area contributed by atoms with Gasteiger partial charge in [-0.15, -0.1) is 10.1 Å². The number of ether oxygens (including phenoxy) is 1. The van der Waals surface area contributed by atoms with E-state index in [0.29, 0.717) is 0 Å². The molecule has 0 saturated heterocycles. The Hall–Kier alpha value is -3.24. The van der Waals surface area contributed by atoms with Crippen molar-refractivity contribution in [3.05, 3.63) is 43.5 Å². The van der Waals surface area contributed by atoms with Crippen LogP contribution in [0.1, 0.15) is 34.1 Å². The van der Waals surface area contributed by atoms with E-state index in [0.717, 1.165) is 11.0 Å². The minimum absolute atomic E-state index is 0.00393. The van der Waals surface area contributed by atoms with E-state index in [1.165, 1.54) is 6.07 Å². The van der Waals surface area contributed by atoms with Gasteiger partial charge >= 0.3 is 5.69 Å². The molecular formula is C13H13N3O8. The third-order valence-corrected chi connectivity index (χ3v) is 3.27. The van der Waals surface area contributed by atoms with Crippen molar-refractivity contribution in [2.24, 2.45) is 0 Å². The molecule has 0 fully saturated rings. The van der Waals surface area contributed by atoms with E-state index in [2.05, 4.69) is 4.84 Å². The van der Waals surface area contributed by atoms with Gasteiger partial charge in [0.25, 0.3) is 16.9 Å². The van der Waals surface area contributed by atoms with Crippen LogP contribution in [-0.2, 0) is 4.84 Å². The summed E-state index contributed by atoms with van der Waals surface area (Å²) in [6, 6.07) is 2.18. The fraction of sp³-hybridized carbons (Fsp3) is 0.385. The number of fused-ring (bicyclic) bond motifs is 1. The summed E-state index contributed by atoms with van der Waals surface area (Å²) in [6.07, 6.45) is 0.0624. The molecule has 24 heavy (non-hydrogen) atoms. The second kappa shape index (κ2) is 6.89. The zero-order valence-corrected chi connectivity index (χ0v) is 12.6. The van der Waals surface area contributed by atoms with Gasteiger partial charge in [0.15, 0.2) is 5.75 Å². The summed E-state index contributed by atoms with van der Waals surface area (Å²) in [4.78, 5) is 49.9. The number of carbonyl (C=O) groups is 2. The number of carbonyl (C=O) groups excluding carboxylic acids is 2. The predicted molar refractivity (Wildman–Crippen MR) is 77.2 cm³/mol. The van der Waals surface area contributed by atoms with Crippen molar-refractivity contribution in [2.75, 3.05) is 19.8 Å². The molecule has 0 spiro atoms. The van der Waals surface area contributed by atoms with Gasteiger partial charge in [0.05, 0.1) is 29.3 Å². The van der Waals surface area contributed by atoms with Crippen LogP contribution in [0.25, 0.3) is 0 Å². The minimum Gasteiger partial charge on any atom is -0.487 e. The van der Waals surface area contributed by atoms with E-state index in [4.69, 9.17) is 4.74 Å². The van der Waals surface area contributed by atoms with E-state index < -0.39 is 27.5 Å². The lowest BCUT2D eigenvalue weighted by Crippen LogP contribution is -2.31. The summed E-state index contributed by atoms with van der Waals surface area (Å²) in [7, 11) is 0. The summed E-state index contributed by atoms with van der Waals surface area (Å²) < 4.78 is 5.15. The van der Waals surface area contributed by atoms with Crippen LogP contribution in [0, 0.1) is 20.2 Å². The number of nitrogens with zero attached hydrogens (tertiary/aromatic N) is 3. The van der Waals surface area contributed by atoms with Gasteiger partial charge in [-0.3, -0.25) is 24.6 Å². The molecule has 128 valence electrons. The first-order valence-corrected chi connectivity index (χ1v) is 6.95. The van der Waals surface area contributed by atoms with Crippen LogP contribution in [0.3, 0.4) is 0 Å². The second-order valence-electron chi connectivity index (χ2n) is 4.73. The Morgan fingerprint density at radius 2 is 1.75 bits per heavy atom. The van der Waals surface area contributed by atoms with Crippen molar-refractivity contribution in [3.63, 3.8) is 0 Å². The van der Waals surface area contributed by atoms with Crippen LogP contribution in [0.4, 0.5) is 5.69 Å². The molecule has 1 heterocycles. The highest BCUT2D eigenvalue weighted by atomic mass is 16.9. The van der Waals surface area contributed by atoms with Crippen LogP contribution < -0.4 is 4.74 Å². The normalized spacial score (nSPS) is 13.0. The van der Waals surface area contributed by atoms with Gasteiger partial charge in [-0.05, 0) is 13.3 Å². The molecule has 0 N–H and O–H groups in total. The molecule has 0 bridgehead atoms. The summed E-state index contributed by atoms with van der Waals surface area (Å²) >= 11 is 0. The molecule has 2 amide bonds. The molecule has 0 aliphatic carbocycles. The minimum atomic E-state index is -0.972. The van der Waals surface area contributed by atoms with Crippen LogP contribution in [0.2, 0.25) is 0 Å². The van der Waals surface area contributed by atoms with Gasteiger partial charge in [0.2, 0.25) is 0 Å². The highest BCUT2D eigenvalue weighted by Crippen LogP contribution is 2.35. The van der Waals surface area contributed by atoms with Crippen LogP contribution in [-0.4, -0.2) is 46.5 Å². The van der Waals surface area contributed by atoms with Crippen molar-refractivity contribution in [1.29, 1.82) is 0 Å². The Bertz CT molecular complexity index is 717.